The van der Waals surface area contributed by atoms with Gasteiger partial charge in [-0.2, -0.15) is 13.2 Å². The first kappa shape index (κ1) is 16.9. The Hall–Kier alpha value is -1.50. The van der Waals surface area contributed by atoms with E-state index < -0.39 is 29.9 Å². The number of hydrogen-bond donors (Lipinski definition) is 2. The molecular formula is C15H20F3NO3. The number of amides is 1. The van der Waals surface area contributed by atoms with E-state index in [1.54, 1.807) is 0 Å². The van der Waals surface area contributed by atoms with Gasteiger partial charge in [-0.05, 0) is 31.4 Å². The maximum Gasteiger partial charge on any atom is 0.425 e. The Labute approximate surface area is 126 Å². The monoisotopic (exact) mass is 319 g/mol. The van der Waals surface area contributed by atoms with Crippen molar-refractivity contribution in [1.82, 2.24) is 5.32 Å². The molecule has 2 rings (SSSR count). The quantitative estimate of drug-likeness (QED) is 0.847. The van der Waals surface area contributed by atoms with Crippen LogP contribution in [-0.2, 0) is 10.4 Å². The molecule has 124 valence electrons. The van der Waals surface area contributed by atoms with Gasteiger partial charge in [0, 0.05) is 6.54 Å². The lowest BCUT2D eigenvalue weighted by atomic mass is 9.83. The van der Waals surface area contributed by atoms with Gasteiger partial charge in [-0.3, -0.25) is 4.79 Å². The zero-order valence-corrected chi connectivity index (χ0v) is 12.4. The van der Waals surface area contributed by atoms with Crippen molar-refractivity contribution in [3.8, 4) is 0 Å². The molecular weight excluding hydrogens is 299 g/mol. The third-order valence-electron chi connectivity index (χ3n) is 4.13. The SMILES string of the molecule is Cc1ccc(C(O)(CC(=O)NCCC2CCC2)C(F)(F)F)o1. The second-order valence-electron chi connectivity index (χ2n) is 5.88. The van der Waals surface area contributed by atoms with Gasteiger partial charge in [0.25, 0.3) is 0 Å². The molecule has 0 saturated heterocycles. The Kier molecular flexibility index (Phi) is 4.84. The van der Waals surface area contributed by atoms with Crippen LogP contribution in [0, 0.1) is 12.8 Å². The molecule has 2 N–H and O–H groups in total. The van der Waals surface area contributed by atoms with Gasteiger partial charge in [0.1, 0.15) is 11.5 Å². The number of carbonyl (C=O) groups is 1. The van der Waals surface area contributed by atoms with Gasteiger partial charge in [-0.25, -0.2) is 0 Å². The Balaban J connectivity index is 1.98. The number of nitrogens with one attached hydrogen (secondary N) is 1. The van der Waals surface area contributed by atoms with E-state index in [0.29, 0.717) is 12.5 Å². The summed E-state index contributed by atoms with van der Waals surface area (Å²) >= 11 is 0. The van der Waals surface area contributed by atoms with E-state index in [2.05, 4.69) is 5.32 Å². The number of aliphatic hydroxyl groups is 1. The summed E-state index contributed by atoms with van der Waals surface area (Å²) in [6, 6.07) is 2.37. The number of furan rings is 1. The van der Waals surface area contributed by atoms with Crippen LogP contribution in [0.1, 0.15) is 43.6 Å². The van der Waals surface area contributed by atoms with Crippen LogP contribution in [0.15, 0.2) is 16.5 Å². The molecule has 1 aliphatic carbocycles. The second kappa shape index (κ2) is 6.32. The molecule has 1 fully saturated rings. The molecule has 1 aliphatic rings. The molecule has 1 aromatic rings. The van der Waals surface area contributed by atoms with Crippen LogP contribution in [0.2, 0.25) is 0 Å². The fourth-order valence-electron chi connectivity index (χ4n) is 2.48. The zero-order chi connectivity index (χ0) is 16.4. The average Bonchev–Trinajstić information content (AvgIpc) is 2.78. The van der Waals surface area contributed by atoms with Gasteiger partial charge < -0.3 is 14.8 Å². The van der Waals surface area contributed by atoms with E-state index >= 15 is 0 Å². The second-order valence-corrected chi connectivity index (χ2v) is 5.88. The van der Waals surface area contributed by atoms with Crippen molar-refractivity contribution < 1.29 is 27.5 Å². The van der Waals surface area contributed by atoms with Crippen molar-refractivity contribution in [2.75, 3.05) is 6.54 Å². The van der Waals surface area contributed by atoms with Gasteiger partial charge in [-0.1, -0.05) is 19.3 Å². The van der Waals surface area contributed by atoms with Crippen LogP contribution in [0.4, 0.5) is 13.2 Å². The smallest absolute Gasteiger partial charge is 0.425 e. The summed E-state index contributed by atoms with van der Waals surface area (Å²) in [5.41, 5.74) is -3.30. The van der Waals surface area contributed by atoms with Crippen LogP contribution >= 0.6 is 0 Å². The molecule has 1 amide bonds. The molecule has 0 bridgehead atoms. The summed E-state index contributed by atoms with van der Waals surface area (Å²) in [6.07, 6.45) is -1.96. The molecule has 22 heavy (non-hydrogen) atoms. The highest BCUT2D eigenvalue weighted by molar-refractivity contribution is 5.77. The number of rotatable bonds is 6. The van der Waals surface area contributed by atoms with Gasteiger partial charge in [-0.15, -0.1) is 0 Å². The molecule has 1 saturated carbocycles. The number of hydrogen-bond acceptors (Lipinski definition) is 3. The van der Waals surface area contributed by atoms with E-state index in [1.165, 1.54) is 19.4 Å². The summed E-state index contributed by atoms with van der Waals surface area (Å²) in [5.74, 6) is -0.711. The highest BCUT2D eigenvalue weighted by Gasteiger charge is 2.58. The van der Waals surface area contributed by atoms with Crippen LogP contribution in [0.25, 0.3) is 0 Å². The summed E-state index contributed by atoms with van der Waals surface area (Å²) in [5, 5.41) is 12.4. The van der Waals surface area contributed by atoms with E-state index in [0.717, 1.165) is 25.3 Å². The third kappa shape index (κ3) is 3.63. The van der Waals surface area contributed by atoms with Crippen molar-refractivity contribution in [3.05, 3.63) is 23.7 Å². The zero-order valence-electron chi connectivity index (χ0n) is 12.4. The summed E-state index contributed by atoms with van der Waals surface area (Å²) < 4.78 is 44.4. The van der Waals surface area contributed by atoms with Gasteiger partial charge >= 0.3 is 6.18 Å². The van der Waals surface area contributed by atoms with Crippen LogP contribution in [0.3, 0.4) is 0 Å². The first-order valence-corrected chi connectivity index (χ1v) is 7.35. The minimum Gasteiger partial charge on any atom is -0.463 e. The number of carbonyl (C=O) groups excluding carboxylic acids is 1. The lowest BCUT2D eigenvalue weighted by molar-refractivity contribution is -0.273. The Morgan fingerprint density at radius 2 is 2.09 bits per heavy atom. The minimum absolute atomic E-state index is 0.239. The van der Waals surface area contributed by atoms with Crippen molar-refractivity contribution in [2.45, 2.75) is 50.8 Å². The summed E-state index contributed by atoms with van der Waals surface area (Å²) in [7, 11) is 0. The Bertz CT molecular complexity index is 522. The molecule has 7 heteroatoms. The maximum atomic E-state index is 13.2. The summed E-state index contributed by atoms with van der Waals surface area (Å²) in [4.78, 5) is 11.8. The highest BCUT2D eigenvalue weighted by atomic mass is 19.4. The largest absolute Gasteiger partial charge is 0.463 e. The molecule has 0 aromatic carbocycles. The van der Waals surface area contributed by atoms with Gasteiger partial charge in [0.15, 0.2) is 0 Å². The number of halogens is 3. The Morgan fingerprint density at radius 1 is 1.41 bits per heavy atom. The maximum absolute atomic E-state index is 13.2. The first-order valence-electron chi connectivity index (χ1n) is 7.35. The van der Waals surface area contributed by atoms with E-state index in [-0.39, 0.29) is 5.76 Å². The van der Waals surface area contributed by atoms with Gasteiger partial charge in [0.05, 0.1) is 6.42 Å². The average molecular weight is 319 g/mol. The standard InChI is InChI=1S/C15H20F3NO3/c1-10-5-6-12(22-10)14(21,15(16,17)18)9-13(20)19-8-7-11-3-2-4-11/h5-6,11,21H,2-4,7-9H2,1H3,(H,19,20). The first-order chi connectivity index (χ1) is 10.2. The fraction of sp³-hybridized carbons (Fsp3) is 0.667. The molecule has 1 unspecified atom stereocenters. The highest BCUT2D eigenvalue weighted by Crippen LogP contribution is 2.42. The third-order valence-corrected chi connectivity index (χ3v) is 4.13. The van der Waals surface area contributed by atoms with Crippen LogP contribution in [-0.4, -0.2) is 23.7 Å². The number of aryl methyl sites for hydroxylation is 1. The Morgan fingerprint density at radius 3 is 2.55 bits per heavy atom. The van der Waals surface area contributed by atoms with Gasteiger partial charge in [0.2, 0.25) is 11.5 Å². The minimum atomic E-state index is -5.00. The lowest BCUT2D eigenvalue weighted by Gasteiger charge is -2.28. The predicted molar refractivity (Wildman–Crippen MR) is 73.0 cm³/mol. The molecule has 4 nitrogen and oxygen atoms in total. The van der Waals surface area contributed by atoms with Crippen molar-refractivity contribution >= 4 is 5.91 Å². The van der Waals surface area contributed by atoms with E-state index in [9.17, 15) is 23.1 Å². The van der Waals surface area contributed by atoms with Crippen LogP contribution in [0.5, 0.6) is 0 Å². The van der Waals surface area contributed by atoms with E-state index in [1.807, 2.05) is 0 Å². The molecule has 1 aromatic heterocycles. The lowest BCUT2D eigenvalue weighted by Crippen LogP contribution is -2.46. The molecule has 0 spiro atoms. The molecule has 1 heterocycles. The molecule has 1 atom stereocenters. The van der Waals surface area contributed by atoms with E-state index in [4.69, 9.17) is 4.42 Å². The molecule has 0 radical (unpaired) electrons. The van der Waals surface area contributed by atoms with Crippen LogP contribution < -0.4 is 5.32 Å². The molecule has 0 aliphatic heterocycles. The number of alkyl halides is 3. The van der Waals surface area contributed by atoms with Crippen molar-refractivity contribution in [2.24, 2.45) is 5.92 Å². The summed E-state index contributed by atoms with van der Waals surface area (Å²) in [6.45, 7) is 1.80. The normalized spacial score (nSPS) is 18.6. The topological polar surface area (TPSA) is 62.5 Å². The fourth-order valence-corrected chi connectivity index (χ4v) is 2.48. The predicted octanol–water partition coefficient (Wildman–Crippen LogP) is 3.03. The van der Waals surface area contributed by atoms with Crippen molar-refractivity contribution in [3.63, 3.8) is 0 Å². The van der Waals surface area contributed by atoms with Crippen molar-refractivity contribution in [1.29, 1.82) is 0 Å².